The Morgan fingerprint density at radius 3 is 2.42 bits per heavy atom. The molecule has 132 valence electrons. The summed E-state index contributed by atoms with van der Waals surface area (Å²) >= 11 is 0. The topological polar surface area (TPSA) is 84.9 Å². The van der Waals surface area contributed by atoms with E-state index < -0.39 is 17.3 Å². The summed E-state index contributed by atoms with van der Waals surface area (Å²) in [4.78, 5) is 23.4. The minimum Gasteiger partial charge on any atom is -0.493 e. The van der Waals surface area contributed by atoms with Crippen LogP contribution in [0, 0.1) is 11.3 Å². The van der Waals surface area contributed by atoms with E-state index in [-0.39, 0.29) is 6.04 Å². The van der Waals surface area contributed by atoms with Gasteiger partial charge in [-0.1, -0.05) is 19.9 Å². The van der Waals surface area contributed by atoms with Gasteiger partial charge in [-0.15, -0.1) is 0 Å². The molecule has 1 amide bonds. The predicted molar refractivity (Wildman–Crippen MR) is 89.2 cm³/mol. The van der Waals surface area contributed by atoms with Gasteiger partial charge in [0.1, 0.15) is 5.41 Å². The number of methoxy groups -OCH3 is 1. The van der Waals surface area contributed by atoms with Gasteiger partial charge in [-0.05, 0) is 43.4 Å². The summed E-state index contributed by atoms with van der Waals surface area (Å²) in [6, 6.07) is 5.15. The van der Waals surface area contributed by atoms with Crippen LogP contribution in [0.1, 0.15) is 45.2 Å². The first-order valence-electron chi connectivity index (χ1n) is 8.15. The fourth-order valence-corrected chi connectivity index (χ4v) is 2.41. The highest BCUT2D eigenvalue weighted by Crippen LogP contribution is 2.46. The normalized spacial score (nSPS) is 16.4. The van der Waals surface area contributed by atoms with Crippen LogP contribution in [0.3, 0.4) is 0 Å². The number of carboxylic acids is 1. The van der Waals surface area contributed by atoms with Crippen LogP contribution in [-0.4, -0.2) is 30.7 Å². The predicted octanol–water partition coefficient (Wildman–Crippen LogP) is 2.77. The van der Waals surface area contributed by atoms with Gasteiger partial charge in [-0.3, -0.25) is 9.59 Å². The number of hydrogen-bond acceptors (Lipinski definition) is 4. The van der Waals surface area contributed by atoms with E-state index in [2.05, 4.69) is 19.2 Å². The van der Waals surface area contributed by atoms with Crippen LogP contribution >= 0.6 is 0 Å². The van der Waals surface area contributed by atoms with Crippen molar-refractivity contribution in [3.8, 4) is 11.5 Å². The highest BCUT2D eigenvalue weighted by atomic mass is 16.5. The lowest BCUT2D eigenvalue weighted by Gasteiger charge is -2.19. The Kier molecular flexibility index (Phi) is 5.36. The molecular formula is C18H25NO5. The molecule has 1 atom stereocenters. The van der Waals surface area contributed by atoms with Gasteiger partial charge < -0.3 is 19.9 Å². The molecule has 0 aliphatic heterocycles. The third-order valence-electron chi connectivity index (χ3n) is 4.20. The van der Waals surface area contributed by atoms with Crippen molar-refractivity contribution in [2.45, 2.75) is 39.7 Å². The third-order valence-corrected chi connectivity index (χ3v) is 4.20. The maximum absolute atomic E-state index is 12.2. The molecule has 6 heteroatoms. The molecule has 0 saturated heterocycles. The molecule has 0 bridgehead atoms. The maximum Gasteiger partial charge on any atom is 0.319 e. The number of nitrogens with one attached hydrogen (secondary N) is 1. The van der Waals surface area contributed by atoms with Crippen LogP contribution in [0.2, 0.25) is 0 Å². The van der Waals surface area contributed by atoms with Crippen LogP contribution < -0.4 is 14.8 Å². The van der Waals surface area contributed by atoms with Gasteiger partial charge in [0.15, 0.2) is 11.5 Å². The molecule has 24 heavy (non-hydrogen) atoms. The molecule has 0 radical (unpaired) electrons. The first kappa shape index (κ1) is 18.1. The molecule has 0 heterocycles. The quantitative estimate of drug-likeness (QED) is 0.714. The minimum absolute atomic E-state index is 0.317. The summed E-state index contributed by atoms with van der Waals surface area (Å²) < 4.78 is 11.1. The molecule has 2 N–H and O–H groups in total. The summed E-state index contributed by atoms with van der Waals surface area (Å²) in [7, 11) is 1.56. The zero-order valence-corrected chi connectivity index (χ0v) is 14.6. The summed E-state index contributed by atoms with van der Waals surface area (Å²) in [5.74, 6) is 0.161. The standard InChI is InChI=1S/C18H25NO5/c1-11(2)10-24-14-6-5-13(9-15(14)23-4)12(3)19-16(20)18(7-8-18)17(21)22/h5-6,9,11-12H,7-8,10H2,1-4H3,(H,19,20)(H,21,22). The van der Waals surface area contributed by atoms with Crippen LogP contribution in [0.5, 0.6) is 11.5 Å². The Labute approximate surface area is 142 Å². The van der Waals surface area contributed by atoms with E-state index >= 15 is 0 Å². The summed E-state index contributed by atoms with van der Waals surface area (Å²) in [5.41, 5.74) is -0.406. The molecule has 0 spiro atoms. The molecule has 1 unspecified atom stereocenters. The highest BCUT2D eigenvalue weighted by molar-refractivity contribution is 6.04. The number of hydrogen-bond donors (Lipinski definition) is 2. The summed E-state index contributed by atoms with van der Waals surface area (Å²) in [6.07, 6.45) is 0.790. The van der Waals surface area contributed by atoms with Crippen LogP contribution in [0.15, 0.2) is 18.2 Å². The van der Waals surface area contributed by atoms with Crippen molar-refractivity contribution in [2.75, 3.05) is 13.7 Å². The molecule has 1 saturated carbocycles. The molecule has 1 aromatic carbocycles. The van der Waals surface area contributed by atoms with E-state index in [1.54, 1.807) is 13.2 Å². The molecule has 1 aliphatic rings. The number of benzene rings is 1. The monoisotopic (exact) mass is 335 g/mol. The fraction of sp³-hybridized carbons (Fsp3) is 0.556. The van der Waals surface area contributed by atoms with Crippen molar-refractivity contribution >= 4 is 11.9 Å². The first-order chi connectivity index (χ1) is 11.3. The molecule has 1 aliphatic carbocycles. The zero-order chi connectivity index (χ0) is 17.9. The Balaban J connectivity index is 2.08. The van der Waals surface area contributed by atoms with Crippen molar-refractivity contribution in [2.24, 2.45) is 11.3 Å². The second-order valence-electron chi connectivity index (χ2n) is 6.70. The van der Waals surface area contributed by atoms with Gasteiger partial charge in [0.25, 0.3) is 0 Å². The third kappa shape index (κ3) is 3.80. The second kappa shape index (κ2) is 7.11. The number of aliphatic carboxylic acids is 1. The van der Waals surface area contributed by atoms with E-state index in [1.807, 2.05) is 19.1 Å². The van der Waals surface area contributed by atoms with Gasteiger partial charge in [0, 0.05) is 0 Å². The lowest BCUT2D eigenvalue weighted by atomic mass is 10.0. The lowest BCUT2D eigenvalue weighted by Crippen LogP contribution is -2.38. The Morgan fingerprint density at radius 1 is 1.25 bits per heavy atom. The van der Waals surface area contributed by atoms with Gasteiger partial charge in [-0.25, -0.2) is 0 Å². The SMILES string of the molecule is COc1cc(C(C)NC(=O)C2(C(=O)O)CC2)ccc1OCC(C)C. The zero-order valence-electron chi connectivity index (χ0n) is 14.6. The number of carbonyl (C=O) groups is 2. The smallest absolute Gasteiger partial charge is 0.319 e. The Hall–Kier alpha value is -2.24. The number of carbonyl (C=O) groups excluding carboxylic acids is 1. The van der Waals surface area contributed by atoms with E-state index in [0.29, 0.717) is 36.9 Å². The number of carboxylic acid groups (broad SMARTS) is 1. The van der Waals surface area contributed by atoms with E-state index in [9.17, 15) is 14.7 Å². The van der Waals surface area contributed by atoms with Crippen molar-refractivity contribution in [1.29, 1.82) is 0 Å². The summed E-state index contributed by atoms with van der Waals surface area (Å²) in [5, 5.41) is 12.0. The number of ether oxygens (including phenoxy) is 2. The van der Waals surface area contributed by atoms with Crippen molar-refractivity contribution in [1.82, 2.24) is 5.32 Å². The van der Waals surface area contributed by atoms with E-state index in [4.69, 9.17) is 9.47 Å². The molecule has 1 aromatic rings. The molecule has 0 aromatic heterocycles. The molecule has 1 fully saturated rings. The van der Waals surface area contributed by atoms with Crippen molar-refractivity contribution in [3.63, 3.8) is 0 Å². The first-order valence-corrected chi connectivity index (χ1v) is 8.15. The maximum atomic E-state index is 12.2. The summed E-state index contributed by atoms with van der Waals surface area (Å²) in [6.45, 7) is 6.53. The van der Waals surface area contributed by atoms with Crippen LogP contribution in [0.4, 0.5) is 0 Å². The fourth-order valence-electron chi connectivity index (χ4n) is 2.41. The van der Waals surface area contributed by atoms with Gasteiger partial charge in [0.05, 0.1) is 19.8 Å². The van der Waals surface area contributed by atoms with Crippen molar-refractivity contribution in [3.05, 3.63) is 23.8 Å². The van der Waals surface area contributed by atoms with Gasteiger partial charge in [-0.2, -0.15) is 0 Å². The Bertz CT molecular complexity index is 622. The minimum atomic E-state index is -1.24. The molecular weight excluding hydrogens is 310 g/mol. The number of rotatable bonds is 8. The highest BCUT2D eigenvalue weighted by Gasteiger charge is 2.57. The second-order valence-corrected chi connectivity index (χ2v) is 6.70. The van der Waals surface area contributed by atoms with Crippen LogP contribution in [-0.2, 0) is 9.59 Å². The van der Waals surface area contributed by atoms with E-state index in [1.165, 1.54) is 0 Å². The van der Waals surface area contributed by atoms with Crippen LogP contribution in [0.25, 0.3) is 0 Å². The Morgan fingerprint density at radius 2 is 1.92 bits per heavy atom. The van der Waals surface area contributed by atoms with Crippen molar-refractivity contribution < 1.29 is 24.2 Å². The lowest BCUT2D eigenvalue weighted by molar-refractivity contribution is -0.149. The molecule has 6 nitrogen and oxygen atoms in total. The van der Waals surface area contributed by atoms with E-state index in [0.717, 1.165) is 5.56 Å². The average molecular weight is 335 g/mol. The van der Waals surface area contributed by atoms with Gasteiger partial charge >= 0.3 is 5.97 Å². The number of amides is 1. The molecule has 2 rings (SSSR count). The largest absolute Gasteiger partial charge is 0.493 e. The van der Waals surface area contributed by atoms with Gasteiger partial charge in [0.2, 0.25) is 5.91 Å². The average Bonchev–Trinajstić information content (AvgIpc) is 3.34.